The van der Waals surface area contributed by atoms with Gasteiger partial charge in [-0.3, -0.25) is 4.79 Å². The molecule has 0 aliphatic rings. The van der Waals surface area contributed by atoms with Crippen molar-refractivity contribution in [1.82, 2.24) is 9.97 Å². The molecule has 0 aliphatic heterocycles. The molecule has 1 heterocycles. The van der Waals surface area contributed by atoms with E-state index >= 15 is 0 Å². The molecule has 2 rings (SSSR count). The van der Waals surface area contributed by atoms with Crippen molar-refractivity contribution in [3.05, 3.63) is 47.1 Å². The van der Waals surface area contributed by atoms with Crippen molar-refractivity contribution in [2.45, 2.75) is 13.3 Å². The van der Waals surface area contributed by atoms with Gasteiger partial charge >= 0.3 is 0 Å². The van der Waals surface area contributed by atoms with Crippen LogP contribution in [-0.4, -0.2) is 16.6 Å². The van der Waals surface area contributed by atoms with Gasteiger partial charge in [0.1, 0.15) is 5.75 Å². The molecule has 0 aliphatic carbocycles. The summed E-state index contributed by atoms with van der Waals surface area (Å²) in [5.41, 5.74) is 1.14. The van der Waals surface area contributed by atoms with Gasteiger partial charge in [0.05, 0.1) is 18.5 Å². The standard InChI is InChI=1S/C13H14N2O2/c1-2-7-17-12-6-4-3-5-10(12)11-8-14-9-15-13(11)16/h3-6,8-9H,2,7H2,1H3,(H,14,15,16). The molecular formula is C13H14N2O2. The molecule has 4 nitrogen and oxygen atoms in total. The SMILES string of the molecule is CCCOc1ccccc1-c1cnc[nH]c1=O. The molecule has 2 aromatic rings. The highest BCUT2D eigenvalue weighted by atomic mass is 16.5. The first-order valence-corrected chi connectivity index (χ1v) is 5.58. The number of benzene rings is 1. The highest BCUT2D eigenvalue weighted by Gasteiger charge is 2.08. The third kappa shape index (κ3) is 2.53. The van der Waals surface area contributed by atoms with Crippen LogP contribution >= 0.6 is 0 Å². The molecule has 1 N–H and O–H groups in total. The third-order valence-corrected chi connectivity index (χ3v) is 2.36. The normalized spacial score (nSPS) is 10.2. The molecule has 88 valence electrons. The van der Waals surface area contributed by atoms with Crippen LogP contribution in [0.3, 0.4) is 0 Å². The first-order chi connectivity index (χ1) is 8.33. The second-order valence-electron chi connectivity index (χ2n) is 3.64. The van der Waals surface area contributed by atoms with E-state index in [1.165, 1.54) is 6.33 Å². The van der Waals surface area contributed by atoms with Gasteiger partial charge in [-0.15, -0.1) is 0 Å². The fourth-order valence-electron chi connectivity index (χ4n) is 1.56. The number of H-pyrrole nitrogens is 1. The van der Waals surface area contributed by atoms with Crippen LogP contribution in [-0.2, 0) is 0 Å². The molecule has 0 radical (unpaired) electrons. The average Bonchev–Trinajstić information content (AvgIpc) is 2.37. The molecule has 0 saturated carbocycles. The number of aromatic nitrogens is 2. The number of para-hydroxylation sites is 1. The number of aromatic amines is 1. The number of ether oxygens (including phenoxy) is 1. The predicted molar refractivity (Wildman–Crippen MR) is 66.1 cm³/mol. The Labute approximate surface area is 99.3 Å². The first-order valence-electron chi connectivity index (χ1n) is 5.58. The summed E-state index contributed by atoms with van der Waals surface area (Å²) in [5.74, 6) is 0.716. The van der Waals surface area contributed by atoms with Crippen molar-refractivity contribution in [3.8, 4) is 16.9 Å². The molecule has 0 fully saturated rings. The van der Waals surface area contributed by atoms with E-state index < -0.39 is 0 Å². The summed E-state index contributed by atoms with van der Waals surface area (Å²) in [6.45, 7) is 2.68. The zero-order valence-electron chi connectivity index (χ0n) is 9.64. The third-order valence-electron chi connectivity index (χ3n) is 2.36. The van der Waals surface area contributed by atoms with Crippen LogP contribution < -0.4 is 10.3 Å². The fraction of sp³-hybridized carbons (Fsp3) is 0.231. The number of nitrogens with zero attached hydrogens (tertiary/aromatic N) is 1. The molecule has 17 heavy (non-hydrogen) atoms. The molecule has 1 aromatic carbocycles. The Balaban J connectivity index is 2.45. The van der Waals surface area contributed by atoms with Crippen molar-refractivity contribution in [2.75, 3.05) is 6.61 Å². The lowest BCUT2D eigenvalue weighted by molar-refractivity contribution is 0.318. The smallest absolute Gasteiger partial charge is 0.258 e. The first kappa shape index (κ1) is 11.4. The number of nitrogens with one attached hydrogen (secondary N) is 1. The van der Waals surface area contributed by atoms with Crippen LogP contribution in [0.15, 0.2) is 41.6 Å². The summed E-state index contributed by atoms with van der Waals surface area (Å²) in [5, 5.41) is 0. The Kier molecular flexibility index (Phi) is 3.55. The van der Waals surface area contributed by atoms with Crippen molar-refractivity contribution >= 4 is 0 Å². The van der Waals surface area contributed by atoms with Gasteiger partial charge in [-0.25, -0.2) is 4.98 Å². The molecular weight excluding hydrogens is 216 g/mol. The zero-order chi connectivity index (χ0) is 12.1. The summed E-state index contributed by atoms with van der Waals surface area (Å²) in [6, 6.07) is 7.48. The molecule has 0 saturated heterocycles. The van der Waals surface area contributed by atoms with Crippen molar-refractivity contribution in [2.24, 2.45) is 0 Å². The van der Waals surface area contributed by atoms with Gasteiger partial charge in [0.25, 0.3) is 5.56 Å². The minimum Gasteiger partial charge on any atom is -0.493 e. The molecule has 4 heteroatoms. The quantitative estimate of drug-likeness (QED) is 0.876. The Morgan fingerprint density at radius 2 is 2.12 bits per heavy atom. The molecule has 0 amide bonds. The zero-order valence-corrected chi connectivity index (χ0v) is 9.64. The van der Waals surface area contributed by atoms with Crippen LogP contribution in [0.4, 0.5) is 0 Å². The monoisotopic (exact) mass is 230 g/mol. The Morgan fingerprint density at radius 3 is 2.88 bits per heavy atom. The van der Waals surface area contributed by atoms with E-state index in [9.17, 15) is 4.79 Å². The van der Waals surface area contributed by atoms with Crippen LogP contribution in [0, 0.1) is 0 Å². The summed E-state index contributed by atoms with van der Waals surface area (Å²) in [7, 11) is 0. The molecule has 1 aromatic heterocycles. The van der Waals surface area contributed by atoms with Gasteiger partial charge in [0.15, 0.2) is 0 Å². The van der Waals surface area contributed by atoms with Crippen LogP contribution in [0.25, 0.3) is 11.1 Å². The van der Waals surface area contributed by atoms with Crippen LogP contribution in [0.2, 0.25) is 0 Å². The predicted octanol–water partition coefficient (Wildman–Crippen LogP) is 2.23. The van der Waals surface area contributed by atoms with Gasteiger partial charge in [0, 0.05) is 11.8 Å². The molecule has 0 bridgehead atoms. The Bertz CT molecular complexity index is 549. The van der Waals surface area contributed by atoms with Gasteiger partial charge in [-0.05, 0) is 12.5 Å². The number of hydrogen-bond donors (Lipinski definition) is 1. The lowest BCUT2D eigenvalue weighted by atomic mass is 10.1. The second-order valence-corrected chi connectivity index (χ2v) is 3.64. The second kappa shape index (κ2) is 5.30. The van der Waals surface area contributed by atoms with E-state index in [0.29, 0.717) is 17.9 Å². The van der Waals surface area contributed by atoms with Crippen LogP contribution in [0.5, 0.6) is 5.75 Å². The van der Waals surface area contributed by atoms with Gasteiger partial charge in [-0.2, -0.15) is 0 Å². The lowest BCUT2D eigenvalue weighted by Gasteiger charge is -2.09. The maximum atomic E-state index is 11.7. The maximum Gasteiger partial charge on any atom is 0.258 e. The van der Waals surface area contributed by atoms with Gasteiger partial charge in [-0.1, -0.05) is 25.1 Å². The van der Waals surface area contributed by atoms with E-state index in [-0.39, 0.29) is 5.56 Å². The van der Waals surface area contributed by atoms with E-state index in [0.717, 1.165) is 12.0 Å². The molecule has 0 atom stereocenters. The maximum absolute atomic E-state index is 11.7. The topological polar surface area (TPSA) is 55.0 Å². The average molecular weight is 230 g/mol. The van der Waals surface area contributed by atoms with Crippen molar-refractivity contribution in [3.63, 3.8) is 0 Å². The summed E-state index contributed by atoms with van der Waals surface area (Å²) in [6.07, 6.45) is 3.85. The Hall–Kier alpha value is -2.10. The van der Waals surface area contributed by atoms with Crippen LogP contribution in [0.1, 0.15) is 13.3 Å². The van der Waals surface area contributed by atoms with Gasteiger partial charge in [0.2, 0.25) is 0 Å². The minimum absolute atomic E-state index is 0.160. The fourth-order valence-corrected chi connectivity index (χ4v) is 1.56. The number of hydrogen-bond acceptors (Lipinski definition) is 3. The molecule has 0 unspecified atom stereocenters. The summed E-state index contributed by atoms with van der Waals surface area (Å²) >= 11 is 0. The van der Waals surface area contributed by atoms with E-state index in [1.807, 2.05) is 31.2 Å². The highest BCUT2D eigenvalue weighted by molar-refractivity contribution is 5.68. The minimum atomic E-state index is -0.160. The summed E-state index contributed by atoms with van der Waals surface area (Å²) in [4.78, 5) is 18.2. The highest BCUT2D eigenvalue weighted by Crippen LogP contribution is 2.26. The van der Waals surface area contributed by atoms with E-state index in [2.05, 4.69) is 9.97 Å². The van der Waals surface area contributed by atoms with E-state index in [4.69, 9.17) is 4.74 Å². The molecule has 0 spiro atoms. The van der Waals surface area contributed by atoms with Gasteiger partial charge < -0.3 is 9.72 Å². The van der Waals surface area contributed by atoms with Crippen molar-refractivity contribution in [1.29, 1.82) is 0 Å². The lowest BCUT2D eigenvalue weighted by Crippen LogP contribution is -2.09. The summed E-state index contributed by atoms with van der Waals surface area (Å²) < 4.78 is 5.62. The number of rotatable bonds is 4. The largest absolute Gasteiger partial charge is 0.493 e. The Morgan fingerprint density at radius 1 is 1.29 bits per heavy atom. The van der Waals surface area contributed by atoms with Crippen molar-refractivity contribution < 1.29 is 4.74 Å². The van der Waals surface area contributed by atoms with E-state index in [1.54, 1.807) is 6.20 Å².